The lowest BCUT2D eigenvalue weighted by Crippen LogP contribution is -2.27. The van der Waals surface area contributed by atoms with Gasteiger partial charge >= 0.3 is 0 Å². The standard InChI is InChI=1S/C21H19FN4O2S/c1-28-18-5-3-2-4-13(18)8-9-23-19(27)12-29-21-20-16(11-24-26-21)15-10-14(22)6-7-17(15)25-20/h2-7,10-11,25H,8-9,12H2,1H3,(H,23,27). The van der Waals surface area contributed by atoms with Gasteiger partial charge in [0.2, 0.25) is 5.91 Å². The van der Waals surface area contributed by atoms with Crippen LogP contribution in [0.4, 0.5) is 4.39 Å². The summed E-state index contributed by atoms with van der Waals surface area (Å²) < 4.78 is 18.9. The van der Waals surface area contributed by atoms with Crippen molar-refractivity contribution in [2.24, 2.45) is 0 Å². The number of benzene rings is 2. The second-order valence-electron chi connectivity index (χ2n) is 6.45. The highest BCUT2D eigenvalue weighted by Gasteiger charge is 2.13. The fourth-order valence-corrected chi connectivity index (χ4v) is 3.99. The van der Waals surface area contributed by atoms with Crippen LogP contribution in [0.5, 0.6) is 5.75 Å². The second-order valence-corrected chi connectivity index (χ2v) is 7.42. The summed E-state index contributed by atoms with van der Waals surface area (Å²) in [5.41, 5.74) is 2.61. The summed E-state index contributed by atoms with van der Waals surface area (Å²) in [6.07, 6.45) is 2.29. The van der Waals surface area contributed by atoms with Crippen molar-refractivity contribution in [2.45, 2.75) is 11.4 Å². The van der Waals surface area contributed by atoms with Gasteiger partial charge in [-0.25, -0.2) is 4.39 Å². The predicted octanol–water partition coefficient (Wildman–Crippen LogP) is 3.71. The molecule has 8 heteroatoms. The van der Waals surface area contributed by atoms with Gasteiger partial charge in [0, 0.05) is 22.8 Å². The number of amides is 1. The zero-order valence-electron chi connectivity index (χ0n) is 15.7. The van der Waals surface area contributed by atoms with E-state index in [-0.39, 0.29) is 17.5 Å². The maximum absolute atomic E-state index is 13.6. The Kier molecular flexibility index (Phi) is 5.62. The van der Waals surface area contributed by atoms with Gasteiger partial charge in [0.05, 0.1) is 24.6 Å². The number of hydrogen-bond acceptors (Lipinski definition) is 5. The molecule has 0 fully saturated rings. The van der Waals surface area contributed by atoms with Gasteiger partial charge in [-0.2, -0.15) is 5.10 Å². The van der Waals surface area contributed by atoms with Crippen molar-refractivity contribution in [2.75, 3.05) is 19.4 Å². The number of nitrogens with one attached hydrogen (secondary N) is 2. The maximum atomic E-state index is 13.6. The number of carbonyl (C=O) groups excluding carboxylic acids is 1. The molecule has 0 bridgehead atoms. The van der Waals surface area contributed by atoms with E-state index in [0.29, 0.717) is 18.0 Å². The van der Waals surface area contributed by atoms with Gasteiger partial charge in [-0.1, -0.05) is 30.0 Å². The Bertz CT molecular complexity index is 1180. The first-order valence-corrected chi connectivity index (χ1v) is 10.1. The van der Waals surface area contributed by atoms with E-state index >= 15 is 0 Å². The first-order chi connectivity index (χ1) is 14.2. The van der Waals surface area contributed by atoms with E-state index in [2.05, 4.69) is 20.5 Å². The van der Waals surface area contributed by atoms with E-state index < -0.39 is 0 Å². The molecule has 29 heavy (non-hydrogen) atoms. The van der Waals surface area contributed by atoms with Crippen LogP contribution in [0.1, 0.15) is 5.56 Å². The Morgan fingerprint density at radius 1 is 1.24 bits per heavy atom. The maximum Gasteiger partial charge on any atom is 0.230 e. The number of thioether (sulfide) groups is 1. The number of methoxy groups -OCH3 is 1. The fourth-order valence-electron chi connectivity index (χ4n) is 3.21. The number of fused-ring (bicyclic) bond motifs is 3. The first kappa shape index (κ1) is 19.2. The minimum atomic E-state index is -0.307. The monoisotopic (exact) mass is 410 g/mol. The SMILES string of the molecule is COc1ccccc1CCNC(=O)CSc1nncc2c1[nH]c1ccc(F)cc12. The lowest BCUT2D eigenvalue weighted by atomic mass is 10.1. The lowest BCUT2D eigenvalue weighted by Gasteiger charge is -2.09. The van der Waals surface area contributed by atoms with Gasteiger partial charge in [0.15, 0.2) is 0 Å². The highest BCUT2D eigenvalue weighted by atomic mass is 32.2. The summed E-state index contributed by atoms with van der Waals surface area (Å²) in [6.45, 7) is 0.515. The molecule has 4 aromatic rings. The third-order valence-electron chi connectivity index (χ3n) is 4.60. The summed E-state index contributed by atoms with van der Waals surface area (Å²) in [7, 11) is 1.63. The van der Waals surface area contributed by atoms with Crippen LogP contribution in [0.25, 0.3) is 21.8 Å². The number of hydrogen-bond donors (Lipinski definition) is 2. The van der Waals surface area contributed by atoms with Crippen LogP contribution in [0.15, 0.2) is 53.7 Å². The average Bonchev–Trinajstić information content (AvgIpc) is 3.11. The molecular weight excluding hydrogens is 391 g/mol. The number of H-pyrrole nitrogens is 1. The highest BCUT2D eigenvalue weighted by molar-refractivity contribution is 8.00. The first-order valence-electron chi connectivity index (χ1n) is 9.09. The van der Waals surface area contributed by atoms with E-state index in [9.17, 15) is 9.18 Å². The molecule has 2 heterocycles. The molecule has 0 aliphatic heterocycles. The van der Waals surface area contributed by atoms with Gasteiger partial charge in [0.25, 0.3) is 0 Å². The van der Waals surface area contributed by atoms with E-state index in [1.54, 1.807) is 19.4 Å². The predicted molar refractivity (Wildman–Crippen MR) is 112 cm³/mol. The zero-order valence-corrected chi connectivity index (χ0v) is 16.6. The van der Waals surface area contributed by atoms with Gasteiger partial charge in [-0.3, -0.25) is 4.79 Å². The molecule has 0 spiro atoms. The van der Waals surface area contributed by atoms with Crippen LogP contribution in [0, 0.1) is 5.82 Å². The van der Waals surface area contributed by atoms with Crippen molar-refractivity contribution >= 4 is 39.5 Å². The minimum absolute atomic E-state index is 0.0918. The number of aromatic nitrogens is 3. The smallest absolute Gasteiger partial charge is 0.230 e. The molecule has 0 saturated heterocycles. The fraction of sp³-hybridized carbons (Fsp3) is 0.190. The molecule has 0 radical (unpaired) electrons. The summed E-state index contributed by atoms with van der Waals surface area (Å²) >= 11 is 1.30. The Morgan fingerprint density at radius 2 is 2.10 bits per heavy atom. The molecule has 0 aliphatic carbocycles. The van der Waals surface area contributed by atoms with Crippen molar-refractivity contribution in [1.29, 1.82) is 0 Å². The molecule has 4 rings (SSSR count). The van der Waals surface area contributed by atoms with E-state index in [1.807, 2.05) is 24.3 Å². The van der Waals surface area contributed by atoms with Crippen molar-refractivity contribution < 1.29 is 13.9 Å². The zero-order chi connectivity index (χ0) is 20.2. The number of halogens is 1. The van der Waals surface area contributed by atoms with Crippen LogP contribution < -0.4 is 10.1 Å². The number of rotatable bonds is 7. The normalized spacial score (nSPS) is 11.1. The van der Waals surface area contributed by atoms with Gasteiger partial charge in [-0.15, -0.1) is 5.10 Å². The molecule has 0 saturated carbocycles. The summed E-state index contributed by atoms with van der Waals surface area (Å²) in [4.78, 5) is 15.5. The van der Waals surface area contributed by atoms with Crippen molar-refractivity contribution in [3.8, 4) is 5.75 Å². The van der Waals surface area contributed by atoms with Crippen molar-refractivity contribution in [3.63, 3.8) is 0 Å². The van der Waals surface area contributed by atoms with Gasteiger partial charge in [0.1, 0.15) is 16.6 Å². The molecule has 0 unspecified atom stereocenters. The minimum Gasteiger partial charge on any atom is -0.496 e. The Labute approximate surface area is 170 Å². The molecular formula is C21H19FN4O2S. The number of nitrogens with zero attached hydrogens (tertiary/aromatic N) is 2. The van der Waals surface area contributed by atoms with Gasteiger partial charge in [-0.05, 0) is 36.2 Å². The molecule has 148 valence electrons. The molecule has 2 N–H and O–H groups in total. The third kappa shape index (κ3) is 4.17. The van der Waals surface area contributed by atoms with Crippen LogP contribution in [0.3, 0.4) is 0 Å². The summed E-state index contributed by atoms with van der Waals surface area (Å²) in [5, 5.41) is 13.2. The average molecular weight is 410 g/mol. The van der Waals surface area contributed by atoms with Crippen LogP contribution in [0.2, 0.25) is 0 Å². The Morgan fingerprint density at radius 3 is 2.97 bits per heavy atom. The summed E-state index contributed by atoms with van der Waals surface area (Å²) in [5.74, 6) is 0.627. The molecule has 0 aliphatic rings. The Hall–Kier alpha value is -3.13. The number of aromatic amines is 1. The van der Waals surface area contributed by atoms with Crippen molar-refractivity contribution in [1.82, 2.24) is 20.5 Å². The number of ether oxygens (including phenoxy) is 1. The lowest BCUT2D eigenvalue weighted by molar-refractivity contribution is -0.118. The molecule has 1 amide bonds. The molecule has 0 atom stereocenters. The quantitative estimate of drug-likeness (QED) is 0.454. The van der Waals surface area contributed by atoms with Gasteiger partial charge < -0.3 is 15.0 Å². The van der Waals surface area contributed by atoms with Crippen LogP contribution >= 0.6 is 11.8 Å². The van der Waals surface area contributed by atoms with E-state index in [0.717, 1.165) is 33.1 Å². The third-order valence-corrected chi connectivity index (χ3v) is 5.56. The molecule has 2 aromatic heterocycles. The van der Waals surface area contributed by atoms with Crippen molar-refractivity contribution in [3.05, 3.63) is 60.0 Å². The van der Waals surface area contributed by atoms with E-state index in [4.69, 9.17) is 4.74 Å². The van der Waals surface area contributed by atoms with Crippen LogP contribution in [-0.2, 0) is 11.2 Å². The van der Waals surface area contributed by atoms with E-state index in [1.165, 1.54) is 23.9 Å². The largest absolute Gasteiger partial charge is 0.496 e. The topological polar surface area (TPSA) is 79.9 Å². The molecule has 2 aromatic carbocycles. The molecule has 6 nitrogen and oxygen atoms in total. The number of carbonyl (C=O) groups is 1. The second kappa shape index (κ2) is 8.48. The highest BCUT2D eigenvalue weighted by Crippen LogP contribution is 2.30. The van der Waals surface area contributed by atoms with Crippen LogP contribution in [-0.4, -0.2) is 40.5 Å². The Balaban J connectivity index is 1.39. The summed E-state index contributed by atoms with van der Waals surface area (Å²) in [6, 6.07) is 12.3. The number of para-hydroxylation sites is 1.